The van der Waals surface area contributed by atoms with Crippen molar-refractivity contribution in [3.05, 3.63) is 180 Å². The van der Waals surface area contributed by atoms with Crippen LogP contribution in [-0.4, -0.2) is 59.6 Å². The second-order valence-electron chi connectivity index (χ2n) is 16.2. The molecule has 0 aliphatic carbocycles. The summed E-state index contributed by atoms with van der Waals surface area (Å²) in [5, 5.41) is 14.5. The summed E-state index contributed by atoms with van der Waals surface area (Å²) >= 11 is 0. The van der Waals surface area contributed by atoms with E-state index in [1.54, 1.807) is 79.7 Å². The van der Waals surface area contributed by atoms with E-state index in [1.165, 1.54) is 0 Å². The lowest BCUT2D eigenvalue weighted by Gasteiger charge is -2.25. The van der Waals surface area contributed by atoms with Gasteiger partial charge in [-0.05, 0) is 59.4 Å². The topological polar surface area (TPSA) is 215 Å². The summed E-state index contributed by atoms with van der Waals surface area (Å²) in [6.45, 7) is 5.29. The van der Waals surface area contributed by atoms with Gasteiger partial charge in [0.2, 0.25) is 23.6 Å². The molecule has 0 saturated heterocycles. The van der Waals surface area contributed by atoms with Crippen LogP contribution in [0.5, 0.6) is 0 Å². The minimum atomic E-state index is -1.10. The zero-order valence-electron chi connectivity index (χ0n) is 37.1. The van der Waals surface area contributed by atoms with E-state index in [0.717, 1.165) is 11.1 Å². The molecule has 0 aromatic heterocycles. The number of hydrogen-bond donors (Lipinski definition) is 7. The van der Waals surface area contributed by atoms with E-state index < -0.39 is 53.7 Å². The van der Waals surface area contributed by atoms with Crippen molar-refractivity contribution in [1.29, 1.82) is 0 Å². The number of carbonyl (C=O) groups is 6. The summed E-state index contributed by atoms with van der Waals surface area (Å²) in [5.74, 6) is -3.53. The van der Waals surface area contributed by atoms with Crippen LogP contribution < -0.4 is 38.1 Å². The van der Waals surface area contributed by atoms with Gasteiger partial charge in [0.25, 0.3) is 11.8 Å². The number of nitrogens with one attached hydrogen (secondary N) is 5. The van der Waals surface area contributed by atoms with Crippen molar-refractivity contribution in [2.75, 3.05) is 10.6 Å². The third-order valence-corrected chi connectivity index (χ3v) is 11.3. The van der Waals surface area contributed by atoms with E-state index in [0.29, 0.717) is 40.0 Å². The van der Waals surface area contributed by atoms with Gasteiger partial charge in [-0.3, -0.25) is 28.8 Å². The summed E-state index contributed by atoms with van der Waals surface area (Å²) < 4.78 is 0. The first-order valence-corrected chi connectivity index (χ1v) is 21.9. The number of para-hydroxylation sites is 2. The molecular formula is C53H55N7O6. The standard InChI is InChI=1S/C53H55N7O6/c1-4-33(2)47(48(55)61)60-53(66)46(32-36-21-9-6-10-22-36)59-51(64)42-28-14-12-24-38(42)37-23-11-13-27-41(37)50(63)58-45(31-35-19-7-5-8-20-35)52(65)57-44-30-18-16-26-40(44)39-25-15-17-29-43(39)56-49(62)34(3)54/h5-30,33-34,45-47H,4,31-32,54H2,1-3H3,(H2,55,61)(H,56,62)(H,57,65)(H,58,63)(H,59,64)(H,60,66)/t33-,34-,45-,46-,47-/m0/s1. The number of amides is 6. The monoisotopic (exact) mass is 885 g/mol. The van der Waals surface area contributed by atoms with E-state index in [4.69, 9.17) is 11.5 Å². The zero-order chi connectivity index (χ0) is 47.2. The smallest absolute Gasteiger partial charge is 0.252 e. The molecule has 6 rings (SSSR count). The highest BCUT2D eigenvalue weighted by molar-refractivity contribution is 6.09. The van der Waals surface area contributed by atoms with E-state index >= 15 is 0 Å². The summed E-state index contributed by atoms with van der Waals surface area (Å²) in [5.41, 5.74) is 16.5. The summed E-state index contributed by atoms with van der Waals surface area (Å²) in [4.78, 5) is 82.2. The van der Waals surface area contributed by atoms with Crippen LogP contribution in [0.25, 0.3) is 22.3 Å². The van der Waals surface area contributed by atoms with Crippen molar-refractivity contribution < 1.29 is 28.8 Å². The lowest BCUT2D eigenvalue weighted by Crippen LogP contribution is -2.55. The molecule has 9 N–H and O–H groups in total. The van der Waals surface area contributed by atoms with Gasteiger partial charge in [0, 0.05) is 46.5 Å². The third-order valence-electron chi connectivity index (χ3n) is 11.3. The van der Waals surface area contributed by atoms with Crippen molar-refractivity contribution in [3.8, 4) is 22.3 Å². The van der Waals surface area contributed by atoms with E-state index in [1.807, 2.05) is 98.8 Å². The molecule has 0 saturated carbocycles. The molecule has 0 fully saturated rings. The third kappa shape index (κ3) is 12.2. The molecule has 0 bridgehead atoms. The Balaban J connectivity index is 1.29. The Kier molecular flexibility index (Phi) is 16.3. The van der Waals surface area contributed by atoms with Crippen LogP contribution in [0, 0.1) is 5.92 Å². The highest BCUT2D eigenvalue weighted by Gasteiger charge is 2.30. The number of primary amides is 1. The van der Waals surface area contributed by atoms with Crippen molar-refractivity contribution in [2.45, 2.75) is 64.2 Å². The lowest BCUT2D eigenvalue weighted by molar-refractivity contribution is -0.129. The minimum absolute atomic E-state index is 0.123. The van der Waals surface area contributed by atoms with Crippen LogP contribution >= 0.6 is 0 Å². The van der Waals surface area contributed by atoms with Crippen LogP contribution in [-0.2, 0) is 32.0 Å². The maximum absolute atomic E-state index is 14.5. The van der Waals surface area contributed by atoms with Crippen LogP contribution in [0.1, 0.15) is 59.0 Å². The zero-order valence-corrected chi connectivity index (χ0v) is 37.1. The fourth-order valence-corrected chi connectivity index (χ4v) is 7.53. The molecule has 0 radical (unpaired) electrons. The quantitative estimate of drug-likeness (QED) is 0.0470. The summed E-state index contributed by atoms with van der Waals surface area (Å²) in [6, 6.07) is 42.4. The van der Waals surface area contributed by atoms with Crippen LogP contribution in [0.3, 0.4) is 0 Å². The SMILES string of the molecule is CC[C@H](C)[C@H](NC(=O)[C@H](Cc1ccccc1)NC(=O)c1ccccc1-c1ccccc1C(=O)N[C@@H](Cc1ccccc1)C(=O)Nc1ccccc1-c1ccccc1NC(=O)[C@H](C)N)C(N)=O. The number of carbonyl (C=O) groups excluding carboxylic acids is 6. The highest BCUT2D eigenvalue weighted by atomic mass is 16.2. The molecule has 5 atom stereocenters. The number of rotatable bonds is 19. The molecule has 0 spiro atoms. The van der Waals surface area contributed by atoms with E-state index in [9.17, 15) is 28.8 Å². The Labute approximate surface area is 384 Å². The molecule has 66 heavy (non-hydrogen) atoms. The second-order valence-corrected chi connectivity index (χ2v) is 16.2. The predicted octanol–water partition coefficient (Wildman–Crippen LogP) is 6.64. The van der Waals surface area contributed by atoms with Crippen LogP contribution in [0.4, 0.5) is 11.4 Å². The first kappa shape index (κ1) is 47.6. The molecule has 6 aromatic carbocycles. The molecule has 6 amide bonds. The maximum Gasteiger partial charge on any atom is 0.252 e. The Morgan fingerprint density at radius 1 is 0.470 bits per heavy atom. The van der Waals surface area contributed by atoms with Gasteiger partial charge < -0.3 is 38.1 Å². The number of benzene rings is 6. The number of anilines is 2. The Bertz CT molecular complexity index is 2670. The van der Waals surface area contributed by atoms with Gasteiger partial charge in [-0.2, -0.15) is 0 Å². The molecule has 13 nitrogen and oxygen atoms in total. The molecule has 13 heteroatoms. The van der Waals surface area contributed by atoms with Gasteiger partial charge in [-0.15, -0.1) is 0 Å². The molecule has 0 aliphatic heterocycles. The second kappa shape index (κ2) is 22.6. The predicted molar refractivity (Wildman–Crippen MR) is 258 cm³/mol. The van der Waals surface area contributed by atoms with Gasteiger partial charge >= 0.3 is 0 Å². The average Bonchev–Trinajstić information content (AvgIpc) is 3.33. The van der Waals surface area contributed by atoms with Crippen LogP contribution in [0.15, 0.2) is 158 Å². The van der Waals surface area contributed by atoms with Gasteiger partial charge in [-0.25, -0.2) is 0 Å². The normalized spacial score (nSPS) is 13.2. The van der Waals surface area contributed by atoms with E-state index in [2.05, 4.69) is 26.6 Å². The lowest BCUT2D eigenvalue weighted by atomic mass is 9.93. The average molecular weight is 886 g/mol. The number of nitrogens with two attached hydrogens (primary N) is 2. The molecule has 338 valence electrons. The number of hydrogen-bond acceptors (Lipinski definition) is 7. The molecule has 0 aliphatic rings. The molecule has 0 unspecified atom stereocenters. The van der Waals surface area contributed by atoms with Gasteiger partial charge in [0.1, 0.15) is 18.1 Å². The Hall–Kier alpha value is -7.90. The molecular weight excluding hydrogens is 831 g/mol. The van der Waals surface area contributed by atoms with Gasteiger partial charge in [0.05, 0.1) is 6.04 Å². The Morgan fingerprint density at radius 2 is 0.848 bits per heavy atom. The molecule has 0 heterocycles. The first-order valence-electron chi connectivity index (χ1n) is 21.9. The summed E-state index contributed by atoms with van der Waals surface area (Å²) in [7, 11) is 0. The highest BCUT2D eigenvalue weighted by Crippen LogP contribution is 2.34. The maximum atomic E-state index is 14.5. The Morgan fingerprint density at radius 3 is 1.27 bits per heavy atom. The van der Waals surface area contributed by atoms with Crippen molar-refractivity contribution >= 4 is 46.8 Å². The fourth-order valence-electron chi connectivity index (χ4n) is 7.53. The van der Waals surface area contributed by atoms with Crippen molar-refractivity contribution in [1.82, 2.24) is 16.0 Å². The van der Waals surface area contributed by atoms with Gasteiger partial charge in [0.15, 0.2) is 0 Å². The minimum Gasteiger partial charge on any atom is -0.368 e. The van der Waals surface area contributed by atoms with E-state index in [-0.39, 0.29) is 35.8 Å². The first-order chi connectivity index (χ1) is 31.8. The molecule has 6 aromatic rings. The van der Waals surface area contributed by atoms with Crippen molar-refractivity contribution in [3.63, 3.8) is 0 Å². The van der Waals surface area contributed by atoms with Crippen molar-refractivity contribution in [2.24, 2.45) is 17.4 Å². The van der Waals surface area contributed by atoms with Gasteiger partial charge in [-0.1, -0.05) is 154 Å². The largest absolute Gasteiger partial charge is 0.368 e. The van der Waals surface area contributed by atoms with Crippen LogP contribution in [0.2, 0.25) is 0 Å². The summed E-state index contributed by atoms with van der Waals surface area (Å²) in [6.07, 6.45) is 0.848. The fraction of sp³-hybridized carbons (Fsp3) is 0.208.